The SMILES string of the molecule is CCOc1ccc(C)cc1C(CN)C1CCCC1. The molecule has 0 aromatic heterocycles. The Labute approximate surface area is 111 Å². The first-order valence-corrected chi connectivity index (χ1v) is 7.19. The van der Waals surface area contributed by atoms with Crippen molar-refractivity contribution in [2.45, 2.75) is 45.4 Å². The molecule has 1 fully saturated rings. The lowest BCUT2D eigenvalue weighted by molar-refractivity contribution is 0.327. The maximum absolute atomic E-state index is 6.04. The van der Waals surface area contributed by atoms with Crippen molar-refractivity contribution in [1.29, 1.82) is 0 Å². The van der Waals surface area contributed by atoms with Crippen LogP contribution in [0.4, 0.5) is 0 Å². The fraction of sp³-hybridized carbons (Fsp3) is 0.625. The van der Waals surface area contributed by atoms with Crippen LogP contribution in [0.5, 0.6) is 5.75 Å². The highest BCUT2D eigenvalue weighted by Crippen LogP contribution is 2.40. The van der Waals surface area contributed by atoms with Gasteiger partial charge >= 0.3 is 0 Å². The molecule has 1 aromatic carbocycles. The van der Waals surface area contributed by atoms with Crippen LogP contribution in [0.25, 0.3) is 0 Å². The van der Waals surface area contributed by atoms with Crippen LogP contribution in [0.3, 0.4) is 0 Å². The second kappa shape index (κ2) is 6.24. The molecule has 0 spiro atoms. The van der Waals surface area contributed by atoms with Crippen LogP contribution in [0.2, 0.25) is 0 Å². The van der Waals surface area contributed by atoms with E-state index in [1.54, 1.807) is 0 Å². The third-order valence-corrected chi connectivity index (χ3v) is 4.09. The summed E-state index contributed by atoms with van der Waals surface area (Å²) in [5.74, 6) is 2.25. The summed E-state index contributed by atoms with van der Waals surface area (Å²) in [5, 5.41) is 0. The molecule has 1 aromatic rings. The molecule has 2 nitrogen and oxygen atoms in total. The van der Waals surface area contributed by atoms with Gasteiger partial charge in [-0.1, -0.05) is 30.5 Å². The highest BCUT2D eigenvalue weighted by molar-refractivity contribution is 5.40. The van der Waals surface area contributed by atoms with Crippen molar-refractivity contribution in [2.24, 2.45) is 11.7 Å². The van der Waals surface area contributed by atoms with Gasteiger partial charge in [-0.2, -0.15) is 0 Å². The van der Waals surface area contributed by atoms with Crippen LogP contribution in [-0.2, 0) is 0 Å². The molecule has 1 atom stereocenters. The summed E-state index contributed by atoms with van der Waals surface area (Å²) in [6.07, 6.45) is 5.36. The number of hydrogen-bond acceptors (Lipinski definition) is 2. The average Bonchev–Trinajstić information content (AvgIpc) is 2.87. The maximum atomic E-state index is 6.04. The zero-order chi connectivity index (χ0) is 13.0. The van der Waals surface area contributed by atoms with Gasteiger partial charge in [-0.05, 0) is 50.8 Å². The Hall–Kier alpha value is -1.02. The molecule has 0 heterocycles. The lowest BCUT2D eigenvalue weighted by Gasteiger charge is -2.25. The molecule has 0 aliphatic heterocycles. The standard InChI is InChI=1S/C16H25NO/c1-3-18-16-9-8-12(2)10-14(16)15(11-17)13-6-4-5-7-13/h8-10,13,15H,3-7,11,17H2,1-2H3. The van der Waals surface area contributed by atoms with Crippen LogP contribution in [0.15, 0.2) is 18.2 Å². The van der Waals surface area contributed by atoms with Gasteiger partial charge in [-0.3, -0.25) is 0 Å². The smallest absolute Gasteiger partial charge is 0.122 e. The Balaban J connectivity index is 2.29. The minimum Gasteiger partial charge on any atom is -0.494 e. The van der Waals surface area contributed by atoms with Crippen molar-refractivity contribution >= 4 is 0 Å². The van der Waals surface area contributed by atoms with E-state index in [-0.39, 0.29) is 0 Å². The van der Waals surface area contributed by atoms with Crippen molar-refractivity contribution < 1.29 is 4.74 Å². The van der Waals surface area contributed by atoms with E-state index in [0.717, 1.165) is 24.8 Å². The first kappa shape index (κ1) is 13.4. The summed E-state index contributed by atoms with van der Waals surface area (Å²) in [5.41, 5.74) is 8.67. The van der Waals surface area contributed by atoms with E-state index in [4.69, 9.17) is 10.5 Å². The molecule has 0 amide bonds. The summed E-state index contributed by atoms with van der Waals surface area (Å²) in [4.78, 5) is 0. The fourth-order valence-corrected chi connectivity index (χ4v) is 3.18. The van der Waals surface area contributed by atoms with Gasteiger partial charge in [0.1, 0.15) is 5.75 Å². The van der Waals surface area contributed by atoms with Crippen molar-refractivity contribution in [1.82, 2.24) is 0 Å². The molecule has 1 aliphatic carbocycles. The Morgan fingerprint density at radius 1 is 1.33 bits per heavy atom. The summed E-state index contributed by atoms with van der Waals surface area (Å²) in [6, 6.07) is 6.49. The molecule has 1 aliphatic rings. The van der Waals surface area contributed by atoms with Crippen molar-refractivity contribution in [3.05, 3.63) is 29.3 Å². The summed E-state index contributed by atoms with van der Waals surface area (Å²) in [7, 11) is 0. The van der Waals surface area contributed by atoms with Crippen molar-refractivity contribution in [3.8, 4) is 5.75 Å². The number of nitrogens with two attached hydrogens (primary N) is 1. The molecule has 1 unspecified atom stereocenters. The maximum Gasteiger partial charge on any atom is 0.122 e. The van der Waals surface area contributed by atoms with E-state index in [1.165, 1.54) is 36.8 Å². The second-order valence-electron chi connectivity index (χ2n) is 5.36. The Bertz CT molecular complexity index is 383. The van der Waals surface area contributed by atoms with Crippen molar-refractivity contribution in [2.75, 3.05) is 13.2 Å². The van der Waals surface area contributed by atoms with Gasteiger partial charge in [0.15, 0.2) is 0 Å². The minimum atomic E-state index is 0.467. The van der Waals surface area contributed by atoms with Crippen LogP contribution in [0.1, 0.15) is 49.7 Å². The lowest BCUT2D eigenvalue weighted by Crippen LogP contribution is -2.20. The molecule has 100 valence electrons. The van der Waals surface area contributed by atoms with E-state index < -0.39 is 0 Å². The number of hydrogen-bond donors (Lipinski definition) is 1. The monoisotopic (exact) mass is 247 g/mol. The summed E-state index contributed by atoms with van der Waals surface area (Å²) in [6.45, 7) is 5.63. The number of aryl methyl sites for hydroxylation is 1. The largest absolute Gasteiger partial charge is 0.494 e. The zero-order valence-electron chi connectivity index (χ0n) is 11.6. The predicted octanol–water partition coefficient (Wildman–Crippen LogP) is 3.63. The predicted molar refractivity (Wildman–Crippen MR) is 76.1 cm³/mol. The van der Waals surface area contributed by atoms with Gasteiger partial charge in [0.25, 0.3) is 0 Å². The highest BCUT2D eigenvalue weighted by Gasteiger charge is 2.27. The van der Waals surface area contributed by atoms with Gasteiger partial charge in [0, 0.05) is 5.92 Å². The van der Waals surface area contributed by atoms with Gasteiger partial charge in [0.05, 0.1) is 6.61 Å². The Morgan fingerprint density at radius 2 is 2.06 bits per heavy atom. The van der Waals surface area contributed by atoms with Gasteiger partial charge in [-0.15, -0.1) is 0 Å². The molecular formula is C16H25NO. The summed E-state index contributed by atoms with van der Waals surface area (Å²) < 4.78 is 5.78. The second-order valence-corrected chi connectivity index (χ2v) is 5.36. The lowest BCUT2D eigenvalue weighted by atomic mass is 9.84. The molecule has 1 saturated carbocycles. The van der Waals surface area contributed by atoms with Gasteiger partial charge in [-0.25, -0.2) is 0 Å². The number of rotatable bonds is 5. The van der Waals surface area contributed by atoms with Crippen LogP contribution >= 0.6 is 0 Å². The van der Waals surface area contributed by atoms with Crippen LogP contribution < -0.4 is 10.5 Å². The van der Waals surface area contributed by atoms with E-state index >= 15 is 0 Å². The van der Waals surface area contributed by atoms with E-state index in [9.17, 15) is 0 Å². The molecule has 2 N–H and O–H groups in total. The number of ether oxygens (including phenoxy) is 1. The molecule has 0 bridgehead atoms. The Morgan fingerprint density at radius 3 is 2.67 bits per heavy atom. The first-order chi connectivity index (χ1) is 8.76. The van der Waals surface area contributed by atoms with Crippen LogP contribution in [-0.4, -0.2) is 13.2 Å². The third-order valence-electron chi connectivity index (χ3n) is 4.09. The molecule has 18 heavy (non-hydrogen) atoms. The quantitative estimate of drug-likeness (QED) is 0.862. The topological polar surface area (TPSA) is 35.2 Å². The molecule has 0 radical (unpaired) electrons. The minimum absolute atomic E-state index is 0.467. The Kier molecular flexibility index (Phi) is 4.65. The fourth-order valence-electron chi connectivity index (χ4n) is 3.18. The number of benzene rings is 1. The van der Waals surface area contributed by atoms with Gasteiger partial charge < -0.3 is 10.5 Å². The van der Waals surface area contributed by atoms with Crippen LogP contribution in [0, 0.1) is 12.8 Å². The van der Waals surface area contributed by atoms with E-state index in [0.29, 0.717) is 5.92 Å². The molecule has 2 rings (SSSR count). The molecule has 2 heteroatoms. The van der Waals surface area contributed by atoms with Gasteiger partial charge in [0.2, 0.25) is 0 Å². The first-order valence-electron chi connectivity index (χ1n) is 7.19. The molecular weight excluding hydrogens is 222 g/mol. The molecule has 0 saturated heterocycles. The third kappa shape index (κ3) is 2.86. The zero-order valence-corrected chi connectivity index (χ0v) is 11.6. The van der Waals surface area contributed by atoms with Crippen molar-refractivity contribution in [3.63, 3.8) is 0 Å². The highest BCUT2D eigenvalue weighted by atomic mass is 16.5. The average molecular weight is 247 g/mol. The van der Waals surface area contributed by atoms with E-state index in [1.807, 2.05) is 6.92 Å². The van der Waals surface area contributed by atoms with E-state index in [2.05, 4.69) is 25.1 Å². The normalized spacial score (nSPS) is 17.9. The summed E-state index contributed by atoms with van der Waals surface area (Å²) >= 11 is 0.